The van der Waals surface area contributed by atoms with Crippen molar-refractivity contribution in [1.29, 1.82) is 0 Å². The molecule has 3 nitrogen and oxygen atoms in total. The smallest absolute Gasteiger partial charge is 0.314 e. The van der Waals surface area contributed by atoms with Gasteiger partial charge in [0.25, 0.3) is 0 Å². The maximum Gasteiger partial charge on any atom is 0.325 e. The Balaban J connectivity index is 1.84. The van der Waals surface area contributed by atoms with E-state index in [9.17, 15) is 4.79 Å². The third kappa shape index (κ3) is 3.89. The summed E-state index contributed by atoms with van der Waals surface area (Å²) in [7, 11) is 0. The van der Waals surface area contributed by atoms with E-state index in [1.54, 1.807) is 11.1 Å². The molecule has 1 heterocycles. The predicted molar refractivity (Wildman–Crippen MR) is 92.6 cm³/mol. The molecule has 1 N–H and O–H groups in total. The normalized spacial score (nSPS) is 14.2. The van der Waals surface area contributed by atoms with E-state index in [0.29, 0.717) is 6.54 Å². The predicted octanol–water partition coefficient (Wildman–Crippen LogP) is 4.16. The topological polar surface area (TPSA) is 32.3 Å². The largest absolute Gasteiger partial charge is 0.325 e. The molecule has 3 rings (SSSR count). The molecule has 2 aromatic rings. The number of hydrogen-bond donors (Lipinski definition) is 1. The first kappa shape index (κ1) is 15.1. The summed E-state index contributed by atoms with van der Waals surface area (Å²) in [5, 5.41) is 2.79. The minimum Gasteiger partial charge on any atom is -0.314 e. The lowest BCUT2D eigenvalue weighted by Crippen LogP contribution is -2.36. The Labute approximate surface area is 136 Å². The van der Waals surface area contributed by atoms with E-state index >= 15 is 0 Å². The molecule has 0 saturated carbocycles. The van der Waals surface area contributed by atoms with Gasteiger partial charge < -0.3 is 5.32 Å². The molecule has 0 aliphatic carbocycles. The Morgan fingerprint density at radius 1 is 0.957 bits per heavy atom. The highest BCUT2D eigenvalue weighted by atomic mass is 16.2. The summed E-state index contributed by atoms with van der Waals surface area (Å²) in [6, 6.07) is 18.4. The Kier molecular flexibility index (Phi) is 4.57. The van der Waals surface area contributed by atoms with Crippen molar-refractivity contribution in [2.24, 2.45) is 0 Å². The van der Waals surface area contributed by atoms with Gasteiger partial charge >= 0.3 is 6.03 Å². The van der Waals surface area contributed by atoms with Crippen molar-refractivity contribution in [2.75, 3.05) is 0 Å². The molecule has 3 heteroatoms. The summed E-state index contributed by atoms with van der Waals surface area (Å²) < 4.78 is 0. The molecule has 0 aromatic heterocycles. The first-order valence-electron chi connectivity index (χ1n) is 7.75. The SMILES string of the molecule is Cc1ccc(CC2=CC=CNC(=O)N2Cc2ccccc2)cc1. The zero-order valence-electron chi connectivity index (χ0n) is 13.2. The van der Waals surface area contributed by atoms with Crippen LogP contribution in [0.25, 0.3) is 0 Å². The number of benzene rings is 2. The molecule has 116 valence electrons. The van der Waals surface area contributed by atoms with Gasteiger partial charge in [0.1, 0.15) is 0 Å². The number of rotatable bonds is 4. The number of amides is 2. The fourth-order valence-corrected chi connectivity index (χ4v) is 2.59. The molecular formula is C20H20N2O. The number of nitrogens with zero attached hydrogens (tertiary/aromatic N) is 1. The monoisotopic (exact) mass is 304 g/mol. The quantitative estimate of drug-likeness (QED) is 0.903. The molecule has 1 aliphatic rings. The standard InChI is InChI=1S/C20H20N2O/c1-16-9-11-17(12-10-16)14-19-8-5-13-21-20(23)22(19)15-18-6-3-2-4-7-18/h2-13H,14-15H2,1H3,(H,21,23). The Bertz CT molecular complexity index is 730. The Morgan fingerprint density at radius 2 is 1.70 bits per heavy atom. The van der Waals surface area contributed by atoms with Gasteiger partial charge in [-0.3, -0.25) is 4.90 Å². The maximum atomic E-state index is 12.4. The van der Waals surface area contributed by atoms with E-state index in [1.165, 1.54) is 11.1 Å². The van der Waals surface area contributed by atoms with Crippen molar-refractivity contribution >= 4 is 6.03 Å². The fraction of sp³-hybridized carbons (Fsp3) is 0.150. The van der Waals surface area contributed by atoms with Crippen LogP contribution >= 0.6 is 0 Å². The van der Waals surface area contributed by atoms with Gasteiger partial charge in [0, 0.05) is 18.3 Å². The molecule has 0 spiro atoms. The number of hydrogen-bond acceptors (Lipinski definition) is 1. The van der Waals surface area contributed by atoms with Crippen LogP contribution in [0.2, 0.25) is 0 Å². The molecule has 23 heavy (non-hydrogen) atoms. The van der Waals surface area contributed by atoms with E-state index in [1.807, 2.05) is 42.5 Å². The second kappa shape index (κ2) is 6.97. The van der Waals surface area contributed by atoms with Crippen molar-refractivity contribution in [1.82, 2.24) is 10.2 Å². The third-order valence-corrected chi connectivity index (χ3v) is 3.87. The van der Waals surface area contributed by atoms with Crippen LogP contribution in [0.4, 0.5) is 4.79 Å². The maximum absolute atomic E-state index is 12.4. The molecular weight excluding hydrogens is 284 g/mol. The van der Waals surface area contributed by atoms with Gasteiger partial charge in [0.05, 0.1) is 6.54 Å². The van der Waals surface area contributed by atoms with Gasteiger partial charge in [-0.25, -0.2) is 4.79 Å². The Hall–Kier alpha value is -2.81. The van der Waals surface area contributed by atoms with Crippen LogP contribution in [0, 0.1) is 6.92 Å². The van der Waals surface area contributed by atoms with E-state index in [0.717, 1.165) is 17.7 Å². The number of aryl methyl sites for hydroxylation is 1. The molecule has 0 bridgehead atoms. The summed E-state index contributed by atoms with van der Waals surface area (Å²) in [5.74, 6) is 0. The Morgan fingerprint density at radius 3 is 2.43 bits per heavy atom. The second-order valence-corrected chi connectivity index (χ2v) is 5.70. The molecule has 0 unspecified atom stereocenters. The first-order chi connectivity index (χ1) is 11.2. The lowest BCUT2D eigenvalue weighted by Gasteiger charge is -2.24. The average molecular weight is 304 g/mol. The van der Waals surface area contributed by atoms with E-state index in [2.05, 4.69) is 36.5 Å². The van der Waals surface area contributed by atoms with E-state index < -0.39 is 0 Å². The van der Waals surface area contributed by atoms with Crippen molar-refractivity contribution < 1.29 is 4.79 Å². The number of carbonyl (C=O) groups is 1. The first-order valence-corrected chi connectivity index (χ1v) is 7.75. The molecule has 0 fully saturated rings. The molecule has 1 aliphatic heterocycles. The van der Waals surface area contributed by atoms with Crippen LogP contribution in [0.3, 0.4) is 0 Å². The molecule has 2 aromatic carbocycles. The summed E-state index contributed by atoms with van der Waals surface area (Å²) in [6.07, 6.45) is 6.29. The van der Waals surface area contributed by atoms with Crippen molar-refractivity contribution in [2.45, 2.75) is 19.9 Å². The van der Waals surface area contributed by atoms with Gasteiger partial charge in [0.2, 0.25) is 0 Å². The van der Waals surface area contributed by atoms with Crippen LogP contribution in [0.5, 0.6) is 0 Å². The third-order valence-electron chi connectivity index (χ3n) is 3.87. The van der Waals surface area contributed by atoms with Crippen LogP contribution < -0.4 is 5.32 Å². The van der Waals surface area contributed by atoms with Crippen LogP contribution in [0.15, 0.2) is 78.6 Å². The molecule has 0 radical (unpaired) electrons. The van der Waals surface area contributed by atoms with E-state index in [4.69, 9.17) is 0 Å². The fourth-order valence-electron chi connectivity index (χ4n) is 2.59. The van der Waals surface area contributed by atoms with Crippen LogP contribution in [0.1, 0.15) is 16.7 Å². The summed E-state index contributed by atoms with van der Waals surface area (Å²) in [5.41, 5.74) is 4.54. The summed E-state index contributed by atoms with van der Waals surface area (Å²) in [6.45, 7) is 2.64. The highest BCUT2D eigenvalue weighted by molar-refractivity contribution is 5.78. The van der Waals surface area contributed by atoms with Crippen molar-refractivity contribution in [3.8, 4) is 0 Å². The van der Waals surface area contributed by atoms with E-state index in [-0.39, 0.29) is 6.03 Å². The number of urea groups is 1. The molecule has 0 atom stereocenters. The van der Waals surface area contributed by atoms with Crippen molar-refractivity contribution in [3.05, 3.63) is 95.3 Å². The highest BCUT2D eigenvalue weighted by Crippen LogP contribution is 2.18. The summed E-state index contributed by atoms with van der Waals surface area (Å²) >= 11 is 0. The summed E-state index contributed by atoms with van der Waals surface area (Å²) in [4.78, 5) is 14.2. The number of allylic oxidation sites excluding steroid dienone is 3. The van der Waals surface area contributed by atoms with Crippen LogP contribution in [-0.2, 0) is 13.0 Å². The van der Waals surface area contributed by atoms with Gasteiger partial charge in [-0.15, -0.1) is 0 Å². The lowest BCUT2D eigenvalue weighted by atomic mass is 10.1. The van der Waals surface area contributed by atoms with Crippen molar-refractivity contribution in [3.63, 3.8) is 0 Å². The minimum absolute atomic E-state index is 0.0963. The van der Waals surface area contributed by atoms with Gasteiger partial charge in [-0.2, -0.15) is 0 Å². The molecule has 0 saturated heterocycles. The zero-order chi connectivity index (χ0) is 16.1. The minimum atomic E-state index is -0.0963. The molecule has 2 amide bonds. The zero-order valence-corrected chi connectivity index (χ0v) is 13.2. The average Bonchev–Trinajstić information content (AvgIpc) is 2.74. The van der Waals surface area contributed by atoms with Gasteiger partial charge in [0.15, 0.2) is 0 Å². The van der Waals surface area contributed by atoms with Gasteiger partial charge in [-0.05, 0) is 30.2 Å². The number of nitrogens with one attached hydrogen (secondary N) is 1. The van der Waals surface area contributed by atoms with Crippen LogP contribution in [-0.4, -0.2) is 10.9 Å². The lowest BCUT2D eigenvalue weighted by molar-refractivity contribution is 0.212. The number of carbonyl (C=O) groups excluding carboxylic acids is 1. The highest BCUT2D eigenvalue weighted by Gasteiger charge is 2.19. The van der Waals surface area contributed by atoms with Gasteiger partial charge in [-0.1, -0.05) is 60.2 Å². The second-order valence-electron chi connectivity index (χ2n) is 5.70.